The molecular formula is C14H29ClN2O. The molecule has 1 aliphatic rings. The molecule has 0 saturated heterocycles. The van der Waals surface area contributed by atoms with Crippen molar-refractivity contribution in [3.63, 3.8) is 0 Å². The topological polar surface area (TPSA) is 55.1 Å². The zero-order valence-corrected chi connectivity index (χ0v) is 12.8. The molecule has 1 atom stereocenters. The van der Waals surface area contributed by atoms with E-state index in [9.17, 15) is 4.79 Å². The lowest BCUT2D eigenvalue weighted by Crippen LogP contribution is -2.43. The van der Waals surface area contributed by atoms with Crippen LogP contribution in [0.3, 0.4) is 0 Å². The number of nitrogens with one attached hydrogen (secondary N) is 1. The summed E-state index contributed by atoms with van der Waals surface area (Å²) in [4.78, 5) is 11.7. The van der Waals surface area contributed by atoms with E-state index in [0.717, 1.165) is 18.9 Å². The first-order valence-corrected chi connectivity index (χ1v) is 6.96. The van der Waals surface area contributed by atoms with Crippen molar-refractivity contribution in [1.82, 2.24) is 5.32 Å². The standard InChI is InChI=1S/C14H28N2O.ClH/c1-11(2)9-14(7-4-8-14)10-16-13(17)6-5-12(3)15;/h11-12H,4-10,15H2,1-3H3,(H,16,17);1H. The Morgan fingerprint density at radius 3 is 2.33 bits per heavy atom. The van der Waals surface area contributed by atoms with Gasteiger partial charge >= 0.3 is 0 Å². The van der Waals surface area contributed by atoms with Gasteiger partial charge < -0.3 is 11.1 Å². The third-order valence-corrected chi connectivity index (χ3v) is 3.74. The van der Waals surface area contributed by atoms with Crippen molar-refractivity contribution in [3.05, 3.63) is 0 Å². The molecule has 0 bridgehead atoms. The zero-order chi connectivity index (χ0) is 12.9. The van der Waals surface area contributed by atoms with Crippen LogP contribution in [-0.4, -0.2) is 18.5 Å². The van der Waals surface area contributed by atoms with Crippen molar-refractivity contribution in [2.24, 2.45) is 17.1 Å². The monoisotopic (exact) mass is 276 g/mol. The molecule has 4 heteroatoms. The molecule has 3 nitrogen and oxygen atoms in total. The number of carbonyl (C=O) groups excluding carboxylic acids is 1. The highest BCUT2D eigenvalue weighted by Gasteiger charge is 2.37. The number of carbonyl (C=O) groups is 1. The highest BCUT2D eigenvalue weighted by molar-refractivity contribution is 5.85. The van der Waals surface area contributed by atoms with E-state index in [0.29, 0.717) is 11.8 Å². The van der Waals surface area contributed by atoms with Gasteiger partial charge in [-0.1, -0.05) is 20.3 Å². The fourth-order valence-electron chi connectivity index (χ4n) is 2.73. The van der Waals surface area contributed by atoms with Crippen LogP contribution in [0.4, 0.5) is 0 Å². The fourth-order valence-corrected chi connectivity index (χ4v) is 2.73. The van der Waals surface area contributed by atoms with E-state index in [-0.39, 0.29) is 24.4 Å². The van der Waals surface area contributed by atoms with Crippen LogP contribution in [0.25, 0.3) is 0 Å². The van der Waals surface area contributed by atoms with Crippen LogP contribution in [0.2, 0.25) is 0 Å². The number of halogens is 1. The van der Waals surface area contributed by atoms with Gasteiger partial charge in [0.1, 0.15) is 0 Å². The number of amides is 1. The molecule has 0 heterocycles. The number of nitrogens with two attached hydrogens (primary N) is 1. The van der Waals surface area contributed by atoms with Crippen LogP contribution >= 0.6 is 12.4 Å². The van der Waals surface area contributed by atoms with Crippen molar-refractivity contribution in [3.8, 4) is 0 Å². The zero-order valence-electron chi connectivity index (χ0n) is 12.0. The predicted molar refractivity (Wildman–Crippen MR) is 78.9 cm³/mol. The summed E-state index contributed by atoms with van der Waals surface area (Å²) in [6.45, 7) is 7.33. The Labute approximate surface area is 118 Å². The van der Waals surface area contributed by atoms with Crippen molar-refractivity contribution in [2.45, 2.75) is 65.3 Å². The fraction of sp³-hybridized carbons (Fsp3) is 0.929. The number of hydrogen-bond donors (Lipinski definition) is 2. The Hall–Kier alpha value is -0.280. The maximum absolute atomic E-state index is 11.7. The Bertz CT molecular complexity index is 250. The van der Waals surface area contributed by atoms with Crippen LogP contribution in [0.15, 0.2) is 0 Å². The molecule has 0 aromatic rings. The van der Waals surface area contributed by atoms with Gasteiger partial charge in [0.05, 0.1) is 0 Å². The molecule has 3 N–H and O–H groups in total. The lowest BCUT2D eigenvalue weighted by Gasteiger charge is -2.43. The van der Waals surface area contributed by atoms with Gasteiger partial charge in [-0.25, -0.2) is 0 Å². The molecule has 0 aliphatic heterocycles. The summed E-state index contributed by atoms with van der Waals surface area (Å²) in [6, 6.07) is 0.120. The normalized spacial score (nSPS) is 18.7. The Kier molecular flexibility index (Phi) is 7.88. The minimum Gasteiger partial charge on any atom is -0.356 e. The van der Waals surface area contributed by atoms with Gasteiger partial charge in [-0.2, -0.15) is 0 Å². The van der Waals surface area contributed by atoms with Crippen molar-refractivity contribution in [2.75, 3.05) is 6.54 Å². The summed E-state index contributed by atoms with van der Waals surface area (Å²) >= 11 is 0. The molecule has 0 aromatic carbocycles. The van der Waals surface area contributed by atoms with Crippen LogP contribution < -0.4 is 11.1 Å². The van der Waals surface area contributed by atoms with Crippen LogP contribution in [-0.2, 0) is 4.79 Å². The summed E-state index contributed by atoms with van der Waals surface area (Å²) in [6.07, 6.45) is 6.46. The quantitative estimate of drug-likeness (QED) is 0.751. The first-order valence-electron chi connectivity index (χ1n) is 6.96. The average Bonchev–Trinajstić information content (AvgIpc) is 2.18. The molecule has 1 saturated carbocycles. The predicted octanol–water partition coefficient (Wildman–Crippen LogP) is 2.87. The number of rotatable bonds is 7. The number of hydrogen-bond acceptors (Lipinski definition) is 2. The van der Waals surface area contributed by atoms with Gasteiger partial charge in [-0.05, 0) is 43.9 Å². The summed E-state index contributed by atoms with van der Waals surface area (Å²) in [7, 11) is 0. The first kappa shape index (κ1) is 17.7. The highest BCUT2D eigenvalue weighted by atomic mass is 35.5. The second kappa shape index (κ2) is 8.00. The highest BCUT2D eigenvalue weighted by Crippen LogP contribution is 2.45. The molecule has 1 aliphatic carbocycles. The van der Waals surface area contributed by atoms with E-state index in [1.807, 2.05) is 6.92 Å². The SMILES string of the molecule is CC(C)CC1(CNC(=O)CCC(C)N)CCC1.Cl. The first-order chi connectivity index (χ1) is 7.93. The average molecular weight is 277 g/mol. The molecule has 0 radical (unpaired) electrons. The molecule has 0 spiro atoms. The summed E-state index contributed by atoms with van der Waals surface area (Å²) < 4.78 is 0. The minimum atomic E-state index is 0. The van der Waals surface area contributed by atoms with Gasteiger partial charge in [-0.15, -0.1) is 12.4 Å². The lowest BCUT2D eigenvalue weighted by atomic mass is 9.64. The molecular weight excluding hydrogens is 248 g/mol. The van der Waals surface area contributed by atoms with E-state index >= 15 is 0 Å². The van der Waals surface area contributed by atoms with E-state index in [2.05, 4.69) is 19.2 Å². The molecule has 1 unspecified atom stereocenters. The lowest BCUT2D eigenvalue weighted by molar-refractivity contribution is -0.122. The summed E-state index contributed by atoms with van der Waals surface area (Å²) in [5, 5.41) is 3.09. The second-order valence-electron chi connectivity index (χ2n) is 6.24. The molecule has 0 aromatic heterocycles. The van der Waals surface area contributed by atoms with Crippen LogP contribution in [0.5, 0.6) is 0 Å². The van der Waals surface area contributed by atoms with Crippen molar-refractivity contribution in [1.29, 1.82) is 0 Å². The molecule has 1 rings (SSSR count). The van der Waals surface area contributed by atoms with Gasteiger partial charge in [0.25, 0.3) is 0 Å². The minimum absolute atomic E-state index is 0. The van der Waals surface area contributed by atoms with Gasteiger partial charge in [0.2, 0.25) is 5.91 Å². The van der Waals surface area contributed by atoms with Gasteiger partial charge in [0, 0.05) is 19.0 Å². The van der Waals surface area contributed by atoms with Crippen molar-refractivity contribution < 1.29 is 4.79 Å². The second-order valence-corrected chi connectivity index (χ2v) is 6.24. The molecule has 18 heavy (non-hydrogen) atoms. The summed E-state index contributed by atoms with van der Waals surface area (Å²) in [5.41, 5.74) is 6.05. The summed E-state index contributed by atoms with van der Waals surface area (Å²) in [5.74, 6) is 0.883. The molecule has 1 fully saturated rings. The smallest absolute Gasteiger partial charge is 0.220 e. The Morgan fingerprint density at radius 1 is 1.33 bits per heavy atom. The Morgan fingerprint density at radius 2 is 1.94 bits per heavy atom. The Balaban J connectivity index is 0.00000289. The van der Waals surface area contributed by atoms with Gasteiger partial charge in [0.15, 0.2) is 0 Å². The third kappa shape index (κ3) is 6.05. The maximum atomic E-state index is 11.7. The van der Waals surface area contributed by atoms with Crippen LogP contribution in [0.1, 0.15) is 59.3 Å². The van der Waals surface area contributed by atoms with E-state index in [4.69, 9.17) is 5.73 Å². The van der Waals surface area contributed by atoms with E-state index in [1.165, 1.54) is 25.7 Å². The molecule has 1 amide bonds. The van der Waals surface area contributed by atoms with E-state index < -0.39 is 0 Å². The van der Waals surface area contributed by atoms with Crippen LogP contribution in [0, 0.1) is 11.3 Å². The van der Waals surface area contributed by atoms with E-state index in [1.54, 1.807) is 0 Å². The largest absolute Gasteiger partial charge is 0.356 e. The van der Waals surface area contributed by atoms with Gasteiger partial charge in [-0.3, -0.25) is 4.79 Å². The maximum Gasteiger partial charge on any atom is 0.220 e. The molecule has 108 valence electrons. The third-order valence-electron chi connectivity index (χ3n) is 3.74. The van der Waals surface area contributed by atoms with Crippen molar-refractivity contribution >= 4 is 18.3 Å².